The third-order valence-electron chi connectivity index (χ3n) is 2.97. The number of nitrogens with one attached hydrogen (secondary N) is 1. The average molecular weight is 271 g/mol. The molecule has 18 heavy (non-hydrogen) atoms. The number of anilines is 1. The Morgan fingerprint density at radius 2 is 2.22 bits per heavy atom. The molecule has 1 atom stereocenters. The zero-order valence-corrected chi connectivity index (χ0v) is 10.7. The van der Waals surface area contributed by atoms with Crippen molar-refractivity contribution in [1.82, 2.24) is 0 Å². The molecule has 1 unspecified atom stereocenters. The van der Waals surface area contributed by atoms with Crippen molar-refractivity contribution in [3.8, 4) is 0 Å². The maximum Gasteiger partial charge on any atom is 0.292 e. The molecule has 1 aliphatic rings. The van der Waals surface area contributed by atoms with Gasteiger partial charge in [-0.1, -0.05) is 11.6 Å². The van der Waals surface area contributed by atoms with Crippen molar-refractivity contribution >= 4 is 23.0 Å². The summed E-state index contributed by atoms with van der Waals surface area (Å²) in [4.78, 5) is 10.5. The molecule has 1 aliphatic heterocycles. The molecule has 1 N–H and O–H groups in total. The van der Waals surface area contributed by atoms with Crippen LogP contribution in [0.4, 0.5) is 11.4 Å². The Morgan fingerprint density at radius 1 is 1.39 bits per heavy atom. The van der Waals surface area contributed by atoms with Crippen LogP contribution in [0.2, 0.25) is 5.02 Å². The summed E-state index contributed by atoms with van der Waals surface area (Å²) in [6.07, 6.45) is 2.76. The molecule has 1 aromatic rings. The Morgan fingerprint density at radius 3 is 3.00 bits per heavy atom. The normalized spacial score (nSPS) is 20.2. The monoisotopic (exact) mass is 270 g/mol. The molecule has 1 aromatic carbocycles. The van der Waals surface area contributed by atoms with Gasteiger partial charge in [0.25, 0.3) is 5.69 Å². The lowest BCUT2D eigenvalue weighted by molar-refractivity contribution is -0.384. The van der Waals surface area contributed by atoms with Crippen LogP contribution in [-0.2, 0) is 4.74 Å². The lowest BCUT2D eigenvalue weighted by Crippen LogP contribution is -2.20. The van der Waals surface area contributed by atoms with Gasteiger partial charge in [-0.05, 0) is 31.4 Å². The van der Waals surface area contributed by atoms with Crippen LogP contribution in [-0.4, -0.2) is 24.2 Å². The van der Waals surface area contributed by atoms with Crippen molar-refractivity contribution in [3.05, 3.63) is 33.3 Å². The molecule has 1 saturated heterocycles. The predicted octanol–water partition coefficient (Wildman–Crippen LogP) is 3.23. The van der Waals surface area contributed by atoms with Crippen LogP contribution in [0.3, 0.4) is 0 Å². The summed E-state index contributed by atoms with van der Waals surface area (Å²) < 4.78 is 5.36. The van der Waals surface area contributed by atoms with Crippen LogP contribution in [0.5, 0.6) is 0 Å². The van der Waals surface area contributed by atoms with Gasteiger partial charge in [-0.15, -0.1) is 0 Å². The van der Waals surface area contributed by atoms with E-state index >= 15 is 0 Å². The fraction of sp³-hybridized carbons (Fsp3) is 0.500. The number of ether oxygens (including phenoxy) is 1. The number of benzene rings is 1. The summed E-state index contributed by atoms with van der Waals surface area (Å²) in [5.41, 5.74) is 0.545. The molecule has 0 spiro atoms. The van der Waals surface area contributed by atoms with E-state index in [2.05, 4.69) is 5.32 Å². The van der Waals surface area contributed by atoms with Gasteiger partial charge in [0.2, 0.25) is 0 Å². The average Bonchev–Trinajstić information content (AvgIpc) is 2.57. The minimum Gasteiger partial charge on any atom is -0.381 e. The Hall–Kier alpha value is -1.33. The standard InChI is InChI=1S/C12H15ClN2O3/c13-9-3-4-12(15(16)17)11(8-9)14-10-2-1-6-18-7-5-10/h3-4,8,10,14H,1-2,5-7H2. The number of halogens is 1. The zero-order valence-electron chi connectivity index (χ0n) is 9.89. The second-order valence-corrected chi connectivity index (χ2v) is 4.74. The molecule has 0 aliphatic carbocycles. The number of nitro benzene ring substituents is 1. The third-order valence-corrected chi connectivity index (χ3v) is 3.20. The van der Waals surface area contributed by atoms with E-state index in [0.717, 1.165) is 25.9 Å². The number of hydrogen-bond donors (Lipinski definition) is 1. The minimum absolute atomic E-state index is 0.0598. The Balaban J connectivity index is 2.15. The molecule has 98 valence electrons. The fourth-order valence-corrected chi connectivity index (χ4v) is 2.22. The highest BCUT2D eigenvalue weighted by atomic mass is 35.5. The van der Waals surface area contributed by atoms with E-state index in [1.807, 2.05) is 0 Å². The first-order valence-electron chi connectivity index (χ1n) is 5.95. The van der Waals surface area contributed by atoms with Gasteiger partial charge in [-0.2, -0.15) is 0 Å². The van der Waals surface area contributed by atoms with Gasteiger partial charge in [0, 0.05) is 30.3 Å². The second kappa shape index (κ2) is 6.02. The summed E-state index contributed by atoms with van der Waals surface area (Å²) in [6, 6.07) is 4.76. The number of nitrogens with zero attached hydrogens (tertiary/aromatic N) is 1. The summed E-state index contributed by atoms with van der Waals surface area (Å²) in [5.74, 6) is 0. The van der Waals surface area contributed by atoms with Crippen LogP contribution in [0.15, 0.2) is 18.2 Å². The Bertz CT molecular complexity index is 431. The highest BCUT2D eigenvalue weighted by molar-refractivity contribution is 6.31. The Labute approximate surface area is 110 Å². The third kappa shape index (κ3) is 3.34. The lowest BCUT2D eigenvalue weighted by Gasteiger charge is -2.17. The van der Waals surface area contributed by atoms with Crippen molar-refractivity contribution in [2.75, 3.05) is 18.5 Å². The number of hydrogen-bond acceptors (Lipinski definition) is 4. The maximum atomic E-state index is 10.9. The Kier molecular flexibility index (Phi) is 4.38. The molecule has 0 amide bonds. The fourth-order valence-electron chi connectivity index (χ4n) is 2.05. The van der Waals surface area contributed by atoms with Gasteiger partial charge in [0.1, 0.15) is 5.69 Å². The highest BCUT2D eigenvalue weighted by Crippen LogP contribution is 2.29. The highest BCUT2D eigenvalue weighted by Gasteiger charge is 2.18. The van der Waals surface area contributed by atoms with Crippen molar-refractivity contribution < 1.29 is 9.66 Å². The minimum atomic E-state index is -0.397. The van der Waals surface area contributed by atoms with Gasteiger partial charge >= 0.3 is 0 Å². The van der Waals surface area contributed by atoms with E-state index in [9.17, 15) is 10.1 Å². The molecule has 2 rings (SSSR count). The van der Waals surface area contributed by atoms with Crippen LogP contribution >= 0.6 is 11.6 Å². The van der Waals surface area contributed by atoms with Crippen LogP contribution in [0.25, 0.3) is 0 Å². The van der Waals surface area contributed by atoms with Crippen molar-refractivity contribution in [1.29, 1.82) is 0 Å². The van der Waals surface area contributed by atoms with E-state index in [-0.39, 0.29) is 11.7 Å². The van der Waals surface area contributed by atoms with Crippen LogP contribution in [0.1, 0.15) is 19.3 Å². The molecule has 0 bridgehead atoms. The van der Waals surface area contributed by atoms with E-state index in [1.165, 1.54) is 12.1 Å². The number of rotatable bonds is 3. The van der Waals surface area contributed by atoms with Gasteiger partial charge in [-0.25, -0.2) is 0 Å². The summed E-state index contributed by atoms with van der Waals surface area (Å²) in [6.45, 7) is 1.45. The van der Waals surface area contributed by atoms with E-state index in [1.54, 1.807) is 6.07 Å². The predicted molar refractivity (Wildman–Crippen MR) is 70.2 cm³/mol. The summed E-state index contributed by atoms with van der Waals surface area (Å²) in [5, 5.41) is 14.6. The lowest BCUT2D eigenvalue weighted by atomic mass is 10.1. The van der Waals surface area contributed by atoms with Gasteiger partial charge in [0.15, 0.2) is 0 Å². The molecule has 1 heterocycles. The van der Waals surface area contributed by atoms with E-state index < -0.39 is 4.92 Å². The largest absolute Gasteiger partial charge is 0.381 e. The van der Waals surface area contributed by atoms with Crippen molar-refractivity contribution in [2.24, 2.45) is 0 Å². The van der Waals surface area contributed by atoms with Gasteiger partial charge < -0.3 is 10.1 Å². The maximum absolute atomic E-state index is 10.9. The number of nitro groups is 1. The summed E-state index contributed by atoms with van der Waals surface area (Å²) in [7, 11) is 0. The SMILES string of the molecule is O=[N+]([O-])c1ccc(Cl)cc1NC1CCCOCC1. The van der Waals surface area contributed by atoms with E-state index in [0.29, 0.717) is 17.3 Å². The molecule has 5 nitrogen and oxygen atoms in total. The topological polar surface area (TPSA) is 64.4 Å². The first-order chi connectivity index (χ1) is 8.66. The molecule has 0 aromatic heterocycles. The molecule has 0 saturated carbocycles. The molecule has 6 heteroatoms. The molecule has 1 fully saturated rings. The zero-order chi connectivity index (χ0) is 13.0. The molecular formula is C12H15ClN2O3. The second-order valence-electron chi connectivity index (χ2n) is 4.30. The first-order valence-corrected chi connectivity index (χ1v) is 6.33. The van der Waals surface area contributed by atoms with Crippen LogP contribution in [0, 0.1) is 10.1 Å². The summed E-state index contributed by atoms with van der Waals surface area (Å²) >= 11 is 5.88. The van der Waals surface area contributed by atoms with Gasteiger partial charge in [-0.3, -0.25) is 10.1 Å². The molecular weight excluding hydrogens is 256 g/mol. The van der Waals surface area contributed by atoms with Crippen molar-refractivity contribution in [2.45, 2.75) is 25.3 Å². The van der Waals surface area contributed by atoms with Crippen LogP contribution < -0.4 is 5.32 Å². The van der Waals surface area contributed by atoms with E-state index in [4.69, 9.17) is 16.3 Å². The molecule has 0 radical (unpaired) electrons. The smallest absolute Gasteiger partial charge is 0.292 e. The van der Waals surface area contributed by atoms with Gasteiger partial charge in [0.05, 0.1) is 4.92 Å². The quantitative estimate of drug-likeness (QED) is 0.676. The first kappa shape index (κ1) is 13.1. The van der Waals surface area contributed by atoms with Crippen molar-refractivity contribution in [3.63, 3.8) is 0 Å².